The second-order valence-corrected chi connectivity index (χ2v) is 6.57. The van der Waals surface area contributed by atoms with Crippen molar-refractivity contribution >= 4 is 28.2 Å². The second-order valence-electron chi connectivity index (χ2n) is 6.17. The summed E-state index contributed by atoms with van der Waals surface area (Å²) < 4.78 is 0. The minimum atomic E-state index is -0.391. The Morgan fingerprint density at radius 2 is 2.08 bits per heavy atom. The molecule has 0 spiro atoms. The van der Waals surface area contributed by atoms with Gasteiger partial charge in [-0.05, 0) is 37.1 Å². The summed E-state index contributed by atoms with van der Waals surface area (Å²) in [5.74, 6) is 0. The summed E-state index contributed by atoms with van der Waals surface area (Å²) in [4.78, 5) is 14.2. The number of aromatic nitrogens is 1. The molecule has 1 aromatic heterocycles. The third kappa shape index (κ3) is 2.37. The fourth-order valence-corrected chi connectivity index (χ4v) is 3.70. The Morgan fingerprint density at radius 3 is 2.88 bits per heavy atom. The van der Waals surface area contributed by atoms with Crippen LogP contribution in [0.4, 0.5) is 5.69 Å². The molecule has 1 unspecified atom stereocenters. The minimum absolute atomic E-state index is 0.0512. The van der Waals surface area contributed by atoms with Crippen molar-refractivity contribution in [2.75, 3.05) is 6.54 Å². The van der Waals surface area contributed by atoms with Crippen molar-refractivity contribution < 1.29 is 4.92 Å². The van der Waals surface area contributed by atoms with Gasteiger partial charge in [-0.2, -0.15) is 0 Å². The van der Waals surface area contributed by atoms with Crippen LogP contribution in [0.1, 0.15) is 28.4 Å². The Hall–Kier alpha value is -2.37. The molecule has 2 heterocycles. The Bertz CT molecular complexity index is 964. The van der Waals surface area contributed by atoms with Gasteiger partial charge in [0.25, 0.3) is 5.69 Å². The van der Waals surface area contributed by atoms with E-state index in [0.717, 1.165) is 29.7 Å². The van der Waals surface area contributed by atoms with E-state index in [-0.39, 0.29) is 11.7 Å². The smallest absolute Gasteiger partial charge is 0.269 e. The van der Waals surface area contributed by atoms with Gasteiger partial charge in [0.15, 0.2) is 0 Å². The molecule has 1 aliphatic rings. The van der Waals surface area contributed by atoms with Crippen molar-refractivity contribution in [1.29, 1.82) is 0 Å². The molecule has 0 radical (unpaired) electrons. The Morgan fingerprint density at radius 1 is 1.25 bits per heavy atom. The lowest BCUT2D eigenvalue weighted by atomic mass is 9.94. The summed E-state index contributed by atoms with van der Waals surface area (Å²) in [5.41, 5.74) is 5.39. The van der Waals surface area contributed by atoms with Crippen LogP contribution in [0.25, 0.3) is 10.9 Å². The van der Waals surface area contributed by atoms with Crippen LogP contribution in [-0.4, -0.2) is 16.5 Å². The number of hydrogen-bond donors (Lipinski definition) is 2. The van der Waals surface area contributed by atoms with E-state index in [0.29, 0.717) is 5.02 Å². The van der Waals surface area contributed by atoms with Gasteiger partial charge in [-0.25, -0.2) is 0 Å². The van der Waals surface area contributed by atoms with Gasteiger partial charge in [0.05, 0.1) is 11.0 Å². The zero-order chi connectivity index (χ0) is 16.8. The predicted molar refractivity (Wildman–Crippen MR) is 94.7 cm³/mol. The first-order valence-electron chi connectivity index (χ1n) is 7.83. The van der Waals surface area contributed by atoms with Gasteiger partial charge in [0, 0.05) is 45.9 Å². The van der Waals surface area contributed by atoms with Crippen molar-refractivity contribution in [3.8, 4) is 0 Å². The van der Waals surface area contributed by atoms with E-state index in [1.807, 2.05) is 0 Å². The number of nitro benzene ring substituents is 1. The largest absolute Gasteiger partial charge is 0.357 e. The highest BCUT2D eigenvalue weighted by molar-refractivity contribution is 6.31. The van der Waals surface area contributed by atoms with Crippen LogP contribution in [0.3, 0.4) is 0 Å². The van der Waals surface area contributed by atoms with E-state index in [1.165, 1.54) is 22.6 Å². The fraction of sp³-hybridized carbons (Fsp3) is 0.222. The number of hydrogen-bond acceptors (Lipinski definition) is 3. The summed E-state index contributed by atoms with van der Waals surface area (Å²) in [6, 6.07) is 10.8. The van der Waals surface area contributed by atoms with Crippen molar-refractivity contribution in [2.24, 2.45) is 0 Å². The molecule has 2 aromatic carbocycles. The van der Waals surface area contributed by atoms with Gasteiger partial charge in [0.2, 0.25) is 0 Å². The van der Waals surface area contributed by atoms with E-state index in [9.17, 15) is 10.1 Å². The highest BCUT2D eigenvalue weighted by Gasteiger charge is 2.27. The number of benzene rings is 2. The molecule has 2 N–H and O–H groups in total. The zero-order valence-electron chi connectivity index (χ0n) is 13.1. The van der Waals surface area contributed by atoms with Gasteiger partial charge >= 0.3 is 0 Å². The van der Waals surface area contributed by atoms with Crippen LogP contribution in [-0.2, 0) is 6.42 Å². The average Bonchev–Trinajstić information content (AvgIpc) is 2.93. The molecule has 0 saturated heterocycles. The lowest BCUT2D eigenvalue weighted by Gasteiger charge is -2.25. The Labute approximate surface area is 143 Å². The number of non-ortho nitro benzene ring substituents is 1. The number of aromatic amines is 1. The number of nitro groups is 1. The standard InChI is InChI=1S/C18H16ClN3O2/c1-10-2-5-16-13(8-10)12-6-7-20-17(18(12)21-16)14-9-11(22(23)24)3-4-15(14)19/h2-5,8-9,17,20-21H,6-7H2,1H3. The van der Waals surface area contributed by atoms with Gasteiger partial charge in [0.1, 0.15) is 0 Å². The van der Waals surface area contributed by atoms with Crippen LogP contribution in [0.2, 0.25) is 5.02 Å². The topological polar surface area (TPSA) is 71.0 Å². The predicted octanol–water partition coefficient (Wildman–Crippen LogP) is 4.27. The van der Waals surface area contributed by atoms with Crippen LogP contribution in [0.5, 0.6) is 0 Å². The first kappa shape index (κ1) is 15.2. The number of nitrogens with zero attached hydrogens (tertiary/aromatic N) is 1. The highest BCUT2D eigenvalue weighted by atomic mass is 35.5. The van der Waals surface area contributed by atoms with Crippen molar-refractivity contribution in [2.45, 2.75) is 19.4 Å². The van der Waals surface area contributed by atoms with E-state index in [2.05, 4.69) is 35.4 Å². The fourth-order valence-electron chi connectivity index (χ4n) is 3.47. The van der Waals surface area contributed by atoms with Crippen molar-refractivity contribution in [1.82, 2.24) is 10.3 Å². The molecule has 3 aromatic rings. The van der Waals surface area contributed by atoms with Gasteiger partial charge in [-0.1, -0.05) is 23.2 Å². The molecule has 1 atom stereocenters. The third-order valence-corrected chi connectivity index (χ3v) is 4.95. The number of rotatable bonds is 2. The monoisotopic (exact) mass is 341 g/mol. The van der Waals surface area contributed by atoms with Crippen molar-refractivity contribution in [3.05, 3.63) is 73.9 Å². The molecule has 0 saturated carbocycles. The number of H-pyrrole nitrogens is 1. The van der Waals surface area contributed by atoms with Gasteiger partial charge < -0.3 is 10.3 Å². The molecule has 122 valence electrons. The zero-order valence-corrected chi connectivity index (χ0v) is 13.9. The summed E-state index contributed by atoms with van der Waals surface area (Å²) in [5, 5.41) is 16.3. The van der Waals surface area contributed by atoms with E-state index < -0.39 is 4.92 Å². The molecule has 0 amide bonds. The van der Waals surface area contributed by atoms with Crippen LogP contribution < -0.4 is 5.32 Å². The quantitative estimate of drug-likeness (QED) is 0.540. The molecule has 24 heavy (non-hydrogen) atoms. The number of fused-ring (bicyclic) bond motifs is 3. The summed E-state index contributed by atoms with van der Waals surface area (Å²) in [6.07, 6.45) is 0.918. The highest BCUT2D eigenvalue weighted by Crippen LogP contribution is 2.37. The number of nitrogens with one attached hydrogen (secondary N) is 2. The SMILES string of the molecule is Cc1ccc2[nH]c3c(c2c1)CCNC3c1cc([N+](=O)[O-])ccc1Cl. The summed E-state index contributed by atoms with van der Waals surface area (Å²) in [6.45, 7) is 2.88. The maximum atomic E-state index is 11.1. The van der Waals surface area contributed by atoms with Crippen molar-refractivity contribution in [3.63, 3.8) is 0 Å². The maximum Gasteiger partial charge on any atom is 0.269 e. The van der Waals surface area contributed by atoms with Gasteiger partial charge in [-0.3, -0.25) is 10.1 Å². The summed E-state index contributed by atoms with van der Waals surface area (Å²) >= 11 is 6.35. The van der Waals surface area contributed by atoms with E-state index >= 15 is 0 Å². The molecular formula is C18H16ClN3O2. The second kappa shape index (κ2) is 5.61. The molecule has 4 rings (SSSR count). The molecule has 0 bridgehead atoms. The normalized spacial score (nSPS) is 17.0. The van der Waals surface area contributed by atoms with E-state index in [4.69, 9.17) is 11.6 Å². The summed E-state index contributed by atoms with van der Waals surface area (Å²) in [7, 11) is 0. The Balaban J connectivity index is 1.90. The molecule has 5 nitrogen and oxygen atoms in total. The maximum absolute atomic E-state index is 11.1. The first-order valence-corrected chi connectivity index (χ1v) is 8.20. The lowest BCUT2D eigenvalue weighted by Crippen LogP contribution is -2.30. The van der Waals surface area contributed by atoms with Crippen LogP contribution in [0, 0.1) is 17.0 Å². The average molecular weight is 342 g/mol. The molecule has 6 heteroatoms. The molecular weight excluding hydrogens is 326 g/mol. The van der Waals surface area contributed by atoms with Crippen LogP contribution in [0.15, 0.2) is 36.4 Å². The number of halogens is 1. The third-order valence-electron chi connectivity index (χ3n) is 4.61. The van der Waals surface area contributed by atoms with E-state index in [1.54, 1.807) is 12.1 Å². The number of aryl methyl sites for hydroxylation is 1. The lowest BCUT2D eigenvalue weighted by molar-refractivity contribution is -0.384. The molecule has 0 aliphatic carbocycles. The Kier molecular flexibility index (Phi) is 3.55. The first-order chi connectivity index (χ1) is 11.5. The minimum Gasteiger partial charge on any atom is -0.357 e. The molecule has 1 aliphatic heterocycles. The van der Waals surface area contributed by atoms with Crippen LogP contribution >= 0.6 is 11.6 Å². The van der Waals surface area contributed by atoms with Gasteiger partial charge in [-0.15, -0.1) is 0 Å². The molecule has 0 fully saturated rings.